The lowest BCUT2D eigenvalue weighted by Gasteiger charge is -2.45. The number of carbonyl (C=O) groups excluding carboxylic acids is 4. The highest BCUT2D eigenvalue weighted by molar-refractivity contribution is 6.24. The lowest BCUT2D eigenvalue weighted by Crippen LogP contribution is -2.59. The molecular formula is C18H17N3O5. The Bertz CT molecular complexity index is 889. The molecule has 26 heavy (non-hydrogen) atoms. The van der Waals surface area contributed by atoms with Gasteiger partial charge in [-0.25, -0.2) is 0 Å². The third-order valence-electron chi connectivity index (χ3n) is 5.73. The SMILES string of the molecule is O=C1CCC(N2C(=O)c3ccc4c(c3C2=O)OCC2(CNC2)C4)C(=O)N1. The molecule has 4 aliphatic heterocycles. The van der Waals surface area contributed by atoms with Crippen LogP contribution < -0.4 is 15.4 Å². The van der Waals surface area contributed by atoms with Crippen LogP contribution in [-0.2, 0) is 16.0 Å². The average molecular weight is 355 g/mol. The Balaban J connectivity index is 1.52. The van der Waals surface area contributed by atoms with E-state index in [-0.39, 0.29) is 35.3 Å². The van der Waals surface area contributed by atoms with Gasteiger partial charge in [-0.3, -0.25) is 29.4 Å². The van der Waals surface area contributed by atoms with Gasteiger partial charge in [-0.1, -0.05) is 6.07 Å². The number of ether oxygens (including phenoxy) is 1. The van der Waals surface area contributed by atoms with Crippen molar-refractivity contribution in [3.05, 3.63) is 28.8 Å². The third-order valence-corrected chi connectivity index (χ3v) is 5.73. The van der Waals surface area contributed by atoms with Crippen LogP contribution >= 0.6 is 0 Å². The highest BCUT2D eigenvalue weighted by atomic mass is 16.5. The van der Waals surface area contributed by atoms with Gasteiger partial charge in [0.15, 0.2) is 0 Å². The van der Waals surface area contributed by atoms with E-state index in [1.54, 1.807) is 6.07 Å². The van der Waals surface area contributed by atoms with Crippen molar-refractivity contribution in [3.8, 4) is 5.75 Å². The molecule has 1 spiro atoms. The van der Waals surface area contributed by atoms with Crippen LogP contribution in [0.2, 0.25) is 0 Å². The third kappa shape index (κ3) is 1.99. The fourth-order valence-corrected chi connectivity index (χ4v) is 4.26. The summed E-state index contributed by atoms with van der Waals surface area (Å²) in [4.78, 5) is 50.3. The number of rotatable bonds is 1. The molecule has 0 radical (unpaired) electrons. The summed E-state index contributed by atoms with van der Waals surface area (Å²) in [6.45, 7) is 2.25. The van der Waals surface area contributed by atoms with Crippen molar-refractivity contribution < 1.29 is 23.9 Å². The zero-order valence-electron chi connectivity index (χ0n) is 14.0. The first-order valence-corrected chi connectivity index (χ1v) is 8.70. The fourth-order valence-electron chi connectivity index (χ4n) is 4.26. The minimum Gasteiger partial charge on any atom is -0.492 e. The van der Waals surface area contributed by atoms with Crippen molar-refractivity contribution in [2.45, 2.75) is 25.3 Å². The predicted molar refractivity (Wildman–Crippen MR) is 87.6 cm³/mol. The maximum Gasteiger partial charge on any atom is 0.266 e. The van der Waals surface area contributed by atoms with E-state index in [9.17, 15) is 19.2 Å². The van der Waals surface area contributed by atoms with E-state index in [0.717, 1.165) is 30.0 Å². The number of nitrogens with one attached hydrogen (secondary N) is 2. The summed E-state index contributed by atoms with van der Waals surface area (Å²) >= 11 is 0. The summed E-state index contributed by atoms with van der Waals surface area (Å²) < 4.78 is 5.93. The van der Waals surface area contributed by atoms with Crippen molar-refractivity contribution in [2.24, 2.45) is 5.41 Å². The maximum atomic E-state index is 13.0. The molecule has 0 bridgehead atoms. The Morgan fingerprint density at radius 1 is 1.12 bits per heavy atom. The summed E-state index contributed by atoms with van der Waals surface area (Å²) in [5.41, 5.74) is 1.50. The van der Waals surface area contributed by atoms with Gasteiger partial charge in [0, 0.05) is 24.9 Å². The molecule has 0 aliphatic carbocycles. The zero-order chi connectivity index (χ0) is 18.1. The first kappa shape index (κ1) is 15.5. The van der Waals surface area contributed by atoms with Crippen LogP contribution in [0.1, 0.15) is 39.1 Å². The van der Waals surface area contributed by atoms with Gasteiger partial charge in [-0.15, -0.1) is 0 Å². The Hall–Kier alpha value is -2.74. The van der Waals surface area contributed by atoms with Gasteiger partial charge in [-0.05, 0) is 24.5 Å². The lowest BCUT2D eigenvalue weighted by molar-refractivity contribution is -0.136. The van der Waals surface area contributed by atoms with Gasteiger partial charge < -0.3 is 10.1 Å². The molecular weight excluding hydrogens is 338 g/mol. The molecule has 8 heteroatoms. The van der Waals surface area contributed by atoms with E-state index in [2.05, 4.69) is 10.6 Å². The van der Waals surface area contributed by atoms with Crippen molar-refractivity contribution >= 4 is 23.6 Å². The maximum absolute atomic E-state index is 13.0. The highest BCUT2D eigenvalue weighted by Crippen LogP contribution is 2.43. The van der Waals surface area contributed by atoms with Crippen molar-refractivity contribution in [2.75, 3.05) is 19.7 Å². The number of fused-ring (bicyclic) bond motifs is 3. The van der Waals surface area contributed by atoms with E-state index in [0.29, 0.717) is 12.4 Å². The molecule has 0 saturated carbocycles. The Labute approximate surface area is 148 Å². The van der Waals surface area contributed by atoms with Crippen molar-refractivity contribution in [3.63, 3.8) is 0 Å². The summed E-state index contributed by atoms with van der Waals surface area (Å²) in [5, 5.41) is 5.45. The molecule has 4 amide bonds. The summed E-state index contributed by atoms with van der Waals surface area (Å²) in [7, 11) is 0. The van der Waals surface area contributed by atoms with Crippen LogP contribution in [0, 0.1) is 5.41 Å². The largest absolute Gasteiger partial charge is 0.492 e. The number of hydrogen-bond acceptors (Lipinski definition) is 6. The Kier molecular flexibility index (Phi) is 3.06. The van der Waals surface area contributed by atoms with Crippen LogP contribution in [0.4, 0.5) is 0 Å². The first-order chi connectivity index (χ1) is 12.5. The van der Waals surface area contributed by atoms with E-state index < -0.39 is 23.8 Å². The monoisotopic (exact) mass is 355 g/mol. The normalized spacial score (nSPS) is 26.2. The van der Waals surface area contributed by atoms with Crippen LogP contribution in [0.3, 0.4) is 0 Å². The molecule has 4 aliphatic rings. The molecule has 134 valence electrons. The van der Waals surface area contributed by atoms with E-state index in [1.807, 2.05) is 6.07 Å². The second kappa shape index (κ2) is 5.14. The minimum absolute atomic E-state index is 0.0657. The summed E-state index contributed by atoms with van der Waals surface area (Å²) in [6, 6.07) is 2.53. The Morgan fingerprint density at radius 3 is 2.62 bits per heavy atom. The van der Waals surface area contributed by atoms with E-state index in [4.69, 9.17) is 4.74 Å². The summed E-state index contributed by atoms with van der Waals surface area (Å²) in [6.07, 6.45) is 1.05. The number of amides is 4. The van der Waals surface area contributed by atoms with Crippen LogP contribution in [-0.4, -0.2) is 54.3 Å². The van der Waals surface area contributed by atoms with Gasteiger partial charge in [0.25, 0.3) is 11.8 Å². The summed E-state index contributed by atoms with van der Waals surface area (Å²) in [5.74, 6) is -1.54. The van der Waals surface area contributed by atoms with Gasteiger partial charge in [0.05, 0.1) is 17.7 Å². The number of nitrogens with zero attached hydrogens (tertiary/aromatic N) is 1. The molecule has 0 aromatic heterocycles. The first-order valence-electron chi connectivity index (χ1n) is 8.70. The molecule has 8 nitrogen and oxygen atoms in total. The number of benzene rings is 1. The van der Waals surface area contributed by atoms with Crippen LogP contribution in [0.15, 0.2) is 12.1 Å². The second-order valence-corrected chi connectivity index (χ2v) is 7.49. The predicted octanol–water partition coefficient (Wildman–Crippen LogP) is -0.388. The molecule has 1 atom stereocenters. The standard InChI is InChI=1S/C18H17N3O5/c22-12-4-3-11(15(23)20-12)21-16(24)10-2-1-9-5-18(6-19-7-18)8-26-14(9)13(10)17(21)25/h1-2,11,19H,3-8H2,(H,20,22,23). The average Bonchev–Trinajstić information content (AvgIpc) is 2.84. The smallest absolute Gasteiger partial charge is 0.266 e. The number of carbonyl (C=O) groups is 4. The second-order valence-electron chi connectivity index (χ2n) is 7.49. The van der Waals surface area contributed by atoms with Crippen LogP contribution in [0.25, 0.3) is 0 Å². The molecule has 2 fully saturated rings. The van der Waals surface area contributed by atoms with Gasteiger partial charge >= 0.3 is 0 Å². The number of imide groups is 2. The van der Waals surface area contributed by atoms with Gasteiger partial charge in [0.2, 0.25) is 11.8 Å². The molecule has 2 saturated heterocycles. The topological polar surface area (TPSA) is 105 Å². The molecule has 1 unspecified atom stereocenters. The number of piperidine rings is 1. The van der Waals surface area contributed by atoms with E-state index >= 15 is 0 Å². The van der Waals surface area contributed by atoms with E-state index in [1.165, 1.54) is 0 Å². The van der Waals surface area contributed by atoms with Crippen molar-refractivity contribution in [1.29, 1.82) is 0 Å². The minimum atomic E-state index is -0.957. The van der Waals surface area contributed by atoms with Crippen molar-refractivity contribution in [1.82, 2.24) is 15.5 Å². The molecule has 1 aromatic carbocycles. The highest BCUT2D eigenvalue weighted by Gasteiger charge is 2.49. The van der Waals surface area contributed by atoms with Gasteiger partial charge in [0.1, 0.15) is 11.8 Å². The lowest BCUT2D eigenvalue weighted by atomic mass is 9.75. The fraction of sp³-hybridized carbons (Fsp3) is 0.444. The Morgan fingerprint density at radius 2 is 1.92 bits per heavy atom. The molecule has 4 heterocycles. The van der Waals surface area contributed by atoms with Gasteiger partial charge in [-0.2, -0.15) is 0 Å². The number of hydrogen-bond donors (Lipinski definition) is 2. The molecule has 5 rings (SSSR count). The molecule has 1 aromatic rings. The quantitative estimate of drug-likeness (QED) is 0.665. The zero-order valence-corrected chi connectivity index (χ0v) is 14.0. The van der Waals surface area contributed by atoms with Crippen LogP contribution in [0.5, 0.6) is 5.75 Å². The molecule has 2 N–H and O–H groups in total.